The lowest BCUT2D eigenvalue weighted by atomic mass is 9.94. The van der Waals surface area contributed by atoms with Gasteiger partial charge in [-0.15, -0.1) is 5.10 Å². The van der Waals surface area contributed by atoms with Gasteiger partial charge in [-0.05, 0) is 42.4 Å². The highest BCUT2D eigenvalue weighted by molar-refractivity contribution is 6.37. The number of aromatic nitrogens is 2. The highest BCUT2D eigenvalue weighted by atomic mass is 35.5. The van der Waals surface area contributed by atoms with Gasteiger partial charge >= 0.3 is 0 Å². The monoisotopic (exact) mass is 382 g/mol. The Morgan fingerprint density at radius 2 is 1.68 bits per heavy atom. The number of aryl methyl sites for hydroxylation is 1. The lowest BCUT2D eigenvalue weighted by molar-refractivity contribution is 0.437. The number of halogens is 2. The molecule has 1 aromatic heterocycles. The molecule has 0 unspecified atom stereocenters. The summed E-state index contributed by atoms with van der Waals surface area (Å²) in [5.41, 5.74) is 1.60. The van der Waals surface area contributed by atoms with Crippen LogP contribution in [0.3, 0.4) is 0 Å². The number of rotatable bonds is 6. The minimum absolute atomic E-state index is 0.0623. The highest BCUT2D eigenvalue weighted by Gasteiger charge is 2.17. The predicted molar refractivity (Wildman–Crippen MR) is 103 cm³/mol. The third-order valence-electron chi connectivity index (χ3n) is 4.37. The Hall–Kier alpha value is -1.52. The summed E-state index contributed by atoms with van der Waals surface area (Å²) >= 11 is 12.8. The minimum atomic E-state index is -0.136. The van der Waals surface area contributed by atoms with Crippen molar-refractivity contribution in [3.05, 3.63) is 49.7 Å². The lowest BCUT2D eigenvalue weighted by Gasteiger charge is -2.17. The number of benzene rings is 1. The van der Waals surface area contributed by atoms with E-state index >= 15 is 0 Å². The fraction of sp³-hybridized carbons (Fsp3) is 0.474. The summed E-state index contributed by atoms with van der Waals surface area (Å²) in [4.78, 5) is 12.1. The summed E-state index contributed by atoms with van der Waals surface area (Å²) in [5.74, 6) is 1.13. The number of hydrogen-bond donors (Lipinski definition) is 0. The van der Waals surface area contributed by atoms with Crippen LogP contribution in [0.5, 0.6) is 11.6 Å². The zero-order valence-electron chi connectivity index (χ0n) is 15.3. The molecule has 0 bridgehead atoms. The van der Waals surface area contributed by atoms with Crippen LogP contribution in [0.1, 0.15) is 63.5 Å². The summed E-state index contributed by atoms with van der Waals surface area (Å²) in [5, 5.41) is 5.03. The molecular weight excluding hydrogens is 359 g/mol. The van der Waals surface area contributed by atoms with Crippen LogP contribution < -0.4 is 10.3 Å². The molecule has 136 valence electrons. The largest absolute Gasteiger partial charge is 0.434 e. The SMILES string of the molecule is CCC(CC)c1cc(Cl)c(Oc2cc(C(C)C)c(=O)n(C)n2)c(Cl)c1. The molecule has 0 aliphatic heterocycles. The Morgan fingerprint density at radius 1 is 1.12 bits per heavy atom. The molecule has 4 nitrogen and oxygen atoms in total. The van der Waals surface area contributed by atoms with Crippen LogP contribution in [-0.4, -0.2) is 9.78 Å². The fourth-order valence-corrected chi connectivity index (χ4v) is 3.43. The van der Waals surface area contributed by atoms with E-state index in [2.05, 4.69) is 18.9 Å². The average molecular weight is 383 g/mol. The molecule has 0 radical (unpaired) electrons. The van der Waals surface area contributed by atoms with Gasteiger partial charge in [0.15, 0.2) is 5.75 Å². The van der Waals surface area contributed by atoms with Crippen LogP contribution in [0.25, 0.3) is 0 Å². The highest BCUT2D eigenvalue weighted by Crippen LogP contribution is 2.39. The maximum atomic E-state index is 12.1. The van der Waals surface area contributed by atoms with Gasteiger partial charge in [0, 0.05) is 18.7 Å². The first-order chi connectivity index (χ1) is 11.8. The van der Waals surface area contributed by atoms with Crippen molar-refractivity contribution in [2.45, 2.75) is 52.4 Å². The van der Waals surface area contributed by atoms with Crippen molar-refractivity contribution in [3.63, 3.8) is 0 Å². The molecule has 2 aromatic rings. The third-order valence-corrected chi connectivity index (χ3v) is 4.94. The van der Waals surface area contributed by atoms with Crippen molar-refractivity contribution in [2.75, 3.05) is 0 Å². The summed E-state index contributed by atoms with van der Waals surface area (Å²) in [6, 6.07) is 5.44. The molecule has 1 aromatic carbocycles. The van der Waals surface area contributed by atoms with Gasteiger partial charge in [-0.1, -0.05) is 50.9 Å². The molecule has 1 heterocycles. The van der Waals surface area contributed by atoms with Crippen molar-refractivity contribution in [2.24, 2.45) is 7.05 Å². The van der Waals surface area contributed by atoms with Crippen molar-refractivity contribution < 1.29 is 4.74 Å². The first kappa shape index (κ1) is 19.8. The Labute approximate surface area is 158 Å². The summed E-state index contributed by atoms with van der Waals surface area (Å²) in [6.07, 6.45) is 2.03. The molecule has 0 aliphatic carbocycles. The van der Waals surface area contributed by atoms with Gasteiger partial charge in [0.2, 0.25) is 5.88 Å². The third kappa shape index (κ3) is 4.36. The Kier molecular flexibility index (Phi) is 6.53. The van der Waals surface area contributed by atoms with Crippen LogP contribution >= 0.6 is 23.2 Å². The maximum Gasteiger partial charge on any atom is 0.270 e. The van der Waals surface area contributed by atoms with E-state index in [1.807, 2.05) is 26.0 Å². The van der Waals surface area contributed by atoms with E-state index in [9.17, 15) is 4.79 Å². The normalized spacial score (nSPS) is 11.4. The van der Waals surface area contributed by atoms with Crippen LogP contribution in [-0.2, 0) is 7.05 Å². The van der Waals surface area contributed by atoms with E-state index in [4.69, 9.17) is 27.9 Å². The predicted octanol–water partition coefficient (Wildman–Crippen LogP) is 5.91. The van der Waals surface area contributed by atoms with Crippen molar-refractivity contribution in [1.29, 1.82) is 0 Å². The maximum absolute atomic E-state index is 12.1. The van der Waals surface area contributed by atoms with E-state index in [0.717, 1.165) is 18.4 Å². The van der Waals surface area contributed by atoms with Crippen LogP contribution in [0, 0.1) is 0 Å². The second-order valence-corrected chi connectivity index (χ2v) is 7.26. The minimum Gasteiger partial charge on any atom is -0.434 e. The molecule has 0 amide bonds. The Balaban J connectivity index is 2.43. The molecule has 0 spiro atoms. The molecule has 0 fully saturated rings. The number of nitrogens with zero attached hydrogens (tertiary/aromatic N) is 2. The van der Waals surface area contributed by atoms with E-state index in [0.29, 0.717) is 33.2 Å². The smallest absolute Gasteiger partial charge is 0.270 e. The second kappa shape index (κ2) is 8.24. The molecule has 0 N–H and O–H groups in total. The van der Waals surface area contributed by atoms with Gasteiger partial charge in [0.25, 0.3) is 5.56 Å². The van der Waals surface area contributed by atoms with Gasteiger partial charge in [0.05, 0.1) is 10.0 Å². The number of ether oxygens (including phenoxy) is 1. The van der Waals surface area contributed by atoms with Gasteiger partial charge in [0.1, 0.15) is 0 Å². The van der Waals surface area contributed by atoms with E-state index < -0.39 is 0 Å². The van der Waals surface area contributed by atoms with Gasteiger partial charge in [-0.25, -0.2) is 4.68 Å². The molecule has 2 rings (SSSR count). The Bertz CT molecular complexity index is 789. The van der Waals surface area contributed by atoms with E-state index in [1.165, 1.54) is 4.68 Å². The van der Waals surface area contributed by atoms with Gasteiger partial charge in [-0.3, -0.25) is 4.79 Å². The second-order valence-electron chi connectivity index (χ2n) is 6.45. The zero-order valence-corrected chi connectivity index (χ0v) is 16.8. The quantitative estimate of drug-likeness (QED) is 0.623. The molecule has 0 aliphatic rings. The van der Waals surface area contributed by atoms with Crippen LogP contribution in [0.2, 0.25) is 10.0 Å². The molecule has 25 heavy (non-hydrogen) atoms. The first-order valence-corrected chi connectivity index (χ1v) is 9.29. The summed E-state index contributed by atoms with van der Waals surface area (Å²) < 4.78 is 7.10. The van der Waals surface area contributed by atoms with Crippen LogP contribution in [0.4, 0.5) is 0 Å². The van der Waals surface area contributed by atoms with E-state index in [-0.39, 0.29) is 11.5 Å². The topological polar surface area (TPSA) is 44.1 Å². The zero-order chi connectivity index (χ0) is 18.7. The molecule has 6 heteroatoms. The first-order valence-electron chi connectivity index (χ1n) is 8.53. The van der Waals surface area contributed by atoms with Crippen molar-refractivity contribution in [1.82, 2.24) is 9.78 Å². The molecular formula is C19H24Cl2N2O2. The fourth-order valence-electron chi connectivity index (χ4n) is 2.84. The van der Waals surface area contributed by atoms with E-state index in [1.54, 1.807) is 13.1 Å². The molecule has 0 saturated carbocycles. The Morgan fingerprint density at radius 3 is 2.16 bits per heavy atom. The molecule has 0 atom stereocenters. The lowest BCUT2D eigenvalue weighted by Crippen LogP contribution is -2.24. The summed E-state index contributed by atoms with van der Waals surface area (Å²) in [6.45, 7) is 8.18. The van der Waals surface area contributed by atoms with Crippen molar-refractivity contribution in [3.8, 4) is 11.6 Å². The van der Waals surface area contributed by atoms with Crippen molar-refractivity contribution >= 4 is 23.2 Å². The molecule has 0 saturated heterocycles. The summed E-state index contributed by atoms with van der Waals surface area (Å²) in [7, 11) is 1.60. The van der Waals surface area contributed by atoms with Gasteiger partial charge < -0.3 is 4.74 Å². The average Bonchev–Trinajstić information content (AvgIpc) is 2.55. The number of hydrogen-bond acceptors (Lipinski definition) is 3. The van der Waals surface area contributed by atoms with Gasteiger partial charge in [-0.2, -0.15) is 0 Å². The standard InChI is InChI=1S/C19H24Cl2N2O2/c1-6-12(7-2)13-8-15(20)18(16(21)9-13)25-17-10-14(11(3)4)19(24)23(5)22-17/h8-12H,6-7H2,1-5H3. The van der Waals surface area contributed by atoms with Crippen LogP contribution in [0.15, 0.2) is 23.0 Å².